The minimum Gasteiger partial charge on any atom is -0.381 e. The smallest absolute Gasteiger partial charge is 0.298 e. The van der Waals surface area contributed by atoms with Crippen LogP contribution in [0.2, 0.25) is 0 Å². The first-order valence-corrected chi connectivity index (χ1v) is 10.9. The number of hydrogen-bond acceptors (Lipinski definition) is 6. The van der Waals surface area contributed by atoms with Gasteiger partial charge < -0.3 is 10.1 Å². The van der Waals surface area contributed by atoms with Crippen LogP contribution in [0.25, 0.3) is 0 Å². The maximum Gasteiger partial charge on any atom is 0.298 e. The van der Waals surface area contributed by atoms with E-state index in [1.54, 1.807) is 32.2 Å². The zero-order valence-electron chi connectivity index (χ0n) is 17.6. The lowest BCUT2D eigenvalue weighted by Crippen LogP contribution is -2.16. The number of aryl methyl sites for hydroxylation is 2. The number of ether oxygens (including phenoxy) is 1. The summed E-state index contributed by atoms with van der Waals surface area (Å²) >= 11 is 0. The molecule has 0 aliphatic rings. The molecule has 0 saturated carbocycles. The van der Waals surface area contributed by atoms with Crippen molar-refractivity contribution in [1.29, 1.82) is 0 Å². The van der Waals surface area contributed by atoms with E-state index >= 15 is 0 Å². The fourth-order valence-electron chi connectivity index (χ4n) is 3.00. The van der Waals surface area contributed by atoms with Gasteiger partial charge in [0.15, 0.2) is 0 Å². The van der Waals surface area contributed by atoms with Crippen LogP contribution in [-0.2, 0) is 30.3 Å². The molecule has 2 rings (SSSR count). The van der Waals surface area contributed by atoms with E-state index in [1.807, 2.05) is 12.1 Å². The maximum atomic E-state index is 12.6. The molecule has 0 radical (unpaired) electrons. The van der Waals surface area contributed by atoms with Crippen molar-refractivity contribution in [2.75, 3.05) is 19.5 Å². The summed E-state index contributed by atoms with van der Waals surface area (Å²) in [4.78, 5) is 23.8. The highest BCUT2D eigenvalue weighted by atomic mass is 32.2. The first-order chi connectivity index (χ1) is 14.2. The second-order valence-electron chi connectivity index (χ2n) is 7.07. The van der Waals surface area contributed by atoms with Crippen LogP contribution in [0.5, 0.6) is 0 Å². The van der Waals surface area contributed by atoms with Crippen molar-refractivity contribution < 1.29 is 26.9 Å². The largest absolute Gasteiger partial charge is 0.381 e. The molecular formula is C22H27NO6S. The number of methoxy groups -OCH3 is 1. The minimum atomic E-state index is -3.96. The number of anilines is 1. The summed E-state index contributed by atoms with van der Waals surface area (Å²) in [6.45, 7) is 3.29. The van der Waals surface area contributed by atoms with Crippen LogP contribution in [0.4, 0.5) is 5.69 Å². The number of carbonyl (C=O) groups excluding carboxylic acids is 2. The van der Waals surface area contributed by atoms with Gasteiger partial charge in [-0.15, -0.1) is 0 Å². The molecule has 0 aliphatic heterocycles. The zero-order chi connectivity index (χ0) is 22.3. The van der Waals surface area contributed by atoms with E-state index in [-0.39, 0.29) is 22.5 Å². The lowest BCUT2D eigenvalue weighted by molar-refractivity contribution is -0.119. The van der Waals surface area contributed by atoms with Crippen LogP contribution in [0.1, 0.15) is 41.3 Å². The summed E-state index contributed by atoms with van der Waals surface area (Å²) in [5.74, 6) is -0.343. The molecule has 0 bridgehead atoms. The van der Waals surface area contributed by atoms with Crippen LogP contribution in [-0.4, -0.2) is 40.4 Å². The van der Waals surface area contributed by atoms with Crippen LogP contribution in [0.3, 0.4) is 0 Å². The van der Waals surface area contributed by atoms with Crippen molar-refractivity contribution in [3.63, 3.8) is 0 Å². The summed E-state index contributed by atoms with van der Waals surface area (Å²) in [6.07, 6.45) is 1.65. The van der Waals surface area contributed by atoms with Gasteiger partial charge in [0.1, 0.15) is 10.7 Å². The number of rotatable bonds is 10. The number of amides is 1. The highest BCUT2D eigenvalue weighted by molar-refractivity contribution is 7.87. The van der Waals surface area contributed by atoms with Gasteiger partial charge in [0, 0.05) is 19.1 Å². The molecule has 0 aromatic heterocycles. The normalized spacial score (nSPS) is 12.4. The molecular weight excluding hydrogens is 406 g/mol. The van der Waals surface area contributed by atoms with Crippen LogP contribution in [0.15, 0.2) is 47.4 Å². The molecule has 0 heterocycles. The first kappa shape index (κ1) is 23.7. The maximum absolute atomic E-state index is 12.6. The second kappa shape index (κ2) is 10.5. The van der Waals surface area contributed by atoms with Crippen LogP contribution in [0, 0.1) is 6.92 Å². The van der Waals surface area contributed by atoms with Crippen LogP contribution < -0.4 is 5.32 Å². The van der Waals surface area contributed by atoms with Gasteiger partial charge in [-0.25, -0.2) is 0 Å². The third-order valence-electron chi connectivity index (χ3n) is 4.69. The number of nitrogens with one attached hydrogen (secondary N) is 1. The van der Waals surface area contributed by atoms with Crippen molar-refractivity contribution >= 4 is 27.5 Å². The lowest BCUT2D eigenvalue weighted by Gasteiger charge is -2.14. The molecule has 7 nitrogen and oxygen atoms in total. The summed E-state index contributed by atoms with van der Waals surface area (Å²) in [7, 11) is -1.30. The fraction of sp³-hybridized carbons (Fsp3) is 0.364. The quantitative estimate of drug-likeness (QED) is 0.576. The van der Waals surface area contributed by atoms with Gasteiger partial charge >= 0.3 is 0 Å². The second-order valence-corrected chi connectivity index (χ2v) is 8.76. The third kappa shape index (κ3) is 6.48. The Hall–Kier alpha value is -2.55. The van der Waals surface area contributed by atoms with E-state index in [0.29, 0.717) is 24.8 Å². The Labute approximate surface area is 177 Å². The number of ketones is 1. The van der Waals surface area contributed by atoms with E-state index in [1.165, 1.54) is 19.1 Å². The Morgan fingerprint density at radius 1 is 1.07 bits per heavy atom. The Morgan fingerprint density at radius 3 is 2.30 bits per heavy atom. The third-order valence-corrected chi connectivity index (χ3v) is 6.01. The molecule has 2 aromatic rings. The molecule has 1 N–H and O–H groups in total. The summed E-state index contributed by atoms with van der Waals surface area (Å²) in [5, 5.41) is 2.64. The average Bonchev–Trinajstić information content (AvgIpc) is 2.72. The highest BCUT2D eigenvalue weighted by Crippen LogP contribution is 2.25. The predicted octanol–water partition coefficient (Wildman–Crippen LogP) is 3.51. The molecule has 8 heteroatoms. The van der Waals surface area contributed by atoms with E-state index in [2.05, 4.69) is 9.50 Å². The van der Waals surface area contributed by atoms with Crippen molar-refractivity contribution in [1.82, 2.24) is 0 Å². The minimum absolute atomic E-state index is 0.0832. The van der Waals surface area contributed by atoms with Crippen molar-refractivity contribution in [3.8, 4) is 0 Å². The van der Waals surface area contributed by atoms with E-state index in [9.17, 15) is 18.0 Å². The lowest BCUT2D eigenvalue weighted by atomic mass is 10.0. The van der Waals surface area contributed by atoms with Gasteiger partial charge in [-0.1, -0.05) is 18.2 Å². The molecule has 0 aliphatic carbocycles. The standard InChI is InChI=1S/C22H27NO6S/c1-15-5-12-20(21(13-15)30(26,27)29-4)23-22(25)18-9-6-17(7-10-18)8-11-19(28-3)14-16(2)24/h5-7,9-10,12-13,19H,8,11,14H2,1-4H3,(H,23,25). The Morgan fingerprint density at radius 2 is 1.73 bits per heavy atom. The summed E-state index contributed by atoms with van der Waals surface area (Å²) in [6, 6.07) is 11.7. The number of benzene rings is 2. The van der Waals surface area contributed by atoms with Gasteiger partial charge in [0.2, 0.25) is 0 Å². The fourth-order valence-corrected chi connectivity index (χ4v) is 3.90. The summed E-state index contributed by atoms with van der Waals surface area (Å²) < 4.78 is 34.2. The first-order valence-electron chi connectivity index (χ1n) is 9.50. The van der Waals surface area contributed by atoms with Gasteiger partial charge in [0.25, 0.3) is 16.0 Å². The highest BCUT2D eigenvalue weighted by Gasteiger charge is 2.20. The van der Waals surface area contributed by atoms with Gasteiger partial charge in [0.05, 0.1) is 18.9 Å². The predicted molar refractivity (Wildman–Crippen MR) is 114 cm³/mol. The molecule has 2 aromatic carbocycles. The van der Waals surface area contributed by atoms with Crippen molar-refractivity contribution in [2.24, 2.45) is 0 Å². The number of hydrogen-bond donors (Lipinski definition) is 1. The van der Waals surface area contributed by atoms with Gasteiger partial charge in [-0.05, 0) is 62.1 Å². The molecule has 1 atom stereocenters. The number of Topliss-reactive ketones (excluding diaryl/α,β-unsaturated/α-hetero) is 1. The molecule has 0 saturated heterocycles. The van der Waals surface area contributed by atoms with E-state index < -0.39 is 16.0 Å². The van der Waals surface area contributed by atoms with Crippen molar-refractivity contribution in [3.05, 3.63) is 59.2 Å². The monoisotopic (exact) mass is 433 g/mol. The Kier molecular flexibility index (Phi) is 8.28. The summed E-state index contributed by atoms with van der Waals surface area (Å²) in [5.41, 5.74) is 2.29. The Balaban J connectivity index is 2.10. The van der Waals surface area contributed by atoms with Gasteiger partial charge in [-0.3, -0.25) is 13.8 Å². The topological polar surface area (TPSA) is 98.8 Å². The molecule has 0 spiro atoms. The van der Waals surface area contributed by atoms with Crippen LogP contribution >= 0.6 is 0 Å². The van der Waals surface area contributed by atoms with Gasteiger partial charge in [-0.2, -0.15) is 8.42 Å². The van der Waals surface area contributed by atoms with Crippen molar-refractivity contribution in [2.45, 2.75) is 44.1 Å². The average molecular weight is 434 g/mol. The SMILES string of the molecule is COC(CCc1ccc(C(=O)Nc2ccc(C)cc2S(=O)(=O)OC)cc1)CC(C)=O. The van der Waals surface area contributed by atoms with E-state index in [0.717, 1.165) is 18.2 Å². The molecule has 1 amide bonds. The molecule has 0 fully saturated rings. The molecule has 30 heavy (non-hydrogen) atoms. The Bertz CT molecular complexity index is 999. The molecule has 162 valence electrons. The molecule has 1 unspecified atom stereocenters. The zero-order valence-corrected chi connectivity index (χ0v) is 18.4. The van der Waals surface area contributed by atoms with E-state index in [4.69, 9.17) is 4.74 Å². The number of carbonyl (C=O) groups is 2.